The Bertz CT molecular complexity index is 1150. The van der Waals surface area contributed by atoms with Gasteiger partial charge in [-0.25, -0.2) is 19.6 Å². The van der Waals surface area contributed by atoms with E-state index in [1.165, 1.54) is 17.0 Å². The highest BCUT2D eigenvalue weighted by molar-refractivity contribution is 6.02. The maximum atomic E-state index is 13.7. The first-order chi connectivity index (χ1) is 18.4. The Balaban J connectivity index is 1.29. The molecule has 38 heavy (non-hydrogen) atoms. The zero-order chi connectivity index (χ0) is 26.8. The van der Waals surface area contributed by atoms with Gasteiger partial charge in [-0.1, -0.05) is 37.3 Å². The maximum absolute atomic E-state index is 13.7. The Morgan fingerprint density at radius 1 is 1.00 bits per heavy atom. The van der Waals surface area contributed by atoms with E-state index in [1.54, 1.807) is 21.9 Å². The van der Waals surface area contributed by atoms with Gasteiger partial charge in [0.25, 0.3) is 5.91 Å². The molecule has 202 valence electrons. The van der Waals surface area contributed by atoms with Crippen LogP contribution in [0.1, 0.15) is 19.4 Å². The zero-order valence-corrected chi connectivity index (χ0v) is 21.9. The van der Waals surface area contributed by atoms with Gasteiger partial charge in [-0.15, -0.1) is 0 Å². The fourth-order valence-corrected chi connectivity index (χ4v) is 5.80. The van der Waals surface area contributed by atoms with Crippen molar-refractivity contribution >= 4 is 23.5 Å². The highest BCUT2D eigenvalue weighted by Crippen LogP contribution is 2.29. The second-order valence-electron chi connectivity index (χ2n) is 10.1. The summed E-state index contributed by atoms with van der Waals surface area (Å²) in [5.74, 6) is -0.623. The van der Waals surface area contributed by atoms with Crippen LogP contribution in [0.15, 0.2) is 54.6 Å². The predicted octanol–water partition coefficient (Wildman–Crippen LogP) is 1.95. The van der Waals surface area contributed by atoms with Crippen molar-refractivity contribution in [3.63, 3.8) is 0 Å². The number of hydrogen-bond acceptors (Lipinski definition) is 6. The van der Waals surface area contributed by atoms with Crippen molar-refractivity contribution in [2.75, 3.05) is 50.7 Å². The van der Waals surface area contributed by atoms with E-state index in [-0.39, 0.29) is 36.8 Å². The Kier molecular flexibility index (Phi) is 7.62. The second kappa shape index (κ2) is 11.1. The molecule has 0 aliphatic carbocycles. The van der Waals surface area contributed by atoms with Crippen LogP contribution in [0.5, 0.6) is 0 Å². The average molecular weight is 523 g/mol. The number of fused-ring (bicyclic) bond motifs is 1. The molecular weight excluding hydrogens is 487 g/mol. The standard InChI is InChI=1S/C28H35FN6O3/c1-3-35-26-25(20(2)30-35)34(28(38)33(27(26)37)14-13-21-7-5-4-6-8-21)19-24(36)32-17-15-31(16-18-32)23-11-9-22(29)10-12-23/h4-12,20,25-26,30H,3,13-19H2,1-2H3. The first-order valence-corrected chi connectivity index (χ1v) is 13.3. The molecule has 0 radical (unpaired) electrons. The Labute approximate surface area is 222 Å². The van der Waals surface area contributed by atoms with Gasteiger partial charge in [0.1, 0.15) is 18.4 Å². The molecule has 3 saturated heterocycles. The highest BCUT2D eigenvalue weighted by atomic mass is 19.1. The molecule has 0 aromatic heterocycles. The van der Waals surface area contributed by atoms with Gasteiger partial charge in [-0.2, -0.15) is 0 Å². The van der Waals surface area contributed by atoms with E-state index in [0.29, 0.717) is 39.1 Å². The average Bonchev–Trinajstić information content (AvgIpc) is 3.28. The third-order valence-electron chi connectivity index (χ3n) is 7.83. The van der Waals surface area contributed by atoms with E-state index < -0.39 is 18.1 Å². The topological polar surface area (TPSA) is 79.4 Å². The van der Waals surface area contributed by atoms with Crippen LogP contribution in [-0.4, -0.2) is 101 Å². The number of rotatable bonds is 7. The molecule has 3 atom stereocenters. The summed E-state index contributed by atoms with van der Waals surface area (Å²) >= 11 is 0. The molecule has 3 unspecified atom stereocenters. The zero-order valence-electron chi connectivity index (χ0n) is 21.9. The molecule has 0 bridgehead atoms. The summed E-state index contributed by atoms with van der Waals surface area (Å²) in [4.78, 5) is 47.5. The van der Waals surface area contributed by atoms with Crippen LogP contribution in [0.2, 0.25) is 0 Å². The van der Waals surface area contributed by atoms with Gasteiger partial charge >= 0.3 is 6.03 Å². The molecule has 3 heterocycles. The fraction of sp³-hybridized carbons (Fsp3) is 0.464. The maximum Gasteiger partial charge on any atom is 0.327 e. The molecule has 5 rings (SSSR count). The SMILES string of the molecule is CCN1NC(C)C2C1C(=O)N(CCc1ccccc1)C(=O)N2CC(=O)N1CCN(c2ccc(F)cc2)CC1. The molecule has 3 fully saturated rings. The molecule has 3 aliphatic rings. The van der Waals surface area contributed by atoms with Crippen LogP contribution in [0, 0.1) is 5.82 Å². The van der Waals surface area contributed by atoms with Crippen LogP contribution in [0.3, 0.4) is 0 Å². The van der Waals surface area contributed by atoms with Crippen molar-refractivity contribution in [3.05, 3.63) is 66.0 Å². The summed E-state index contributed by atoms with van der Waals surface area (Å²) in [6.07, 6.45) is 0.554. The Morgan fingerprint density at radius 3 is 2.34 bits per heavy atom. The van der Waals surface area contributed by atoms with E-state index in [4.69, 9.17) is 0 Å². The van der Waals surface area contributed by atoms with Crippen LogP contribution >= 0.6 is 0 Å². The minimum Gasteiger partial charge on any atom is -0.368 e. The number of nitrogens with zero attached hydrogens (tertiary/aromatic N) is 5. The van der Waals surface area contributed by atoms with Crippen LogP contribution in [-0.2, 0) is 16.0 Å². The quantitative estimate of drug-likeness (QED) is 0.599. The number of carbonyl (C=O) groups excluding carboxylic acids is 3. The monoisotopic (exact) mass is 522 g/mol. The third-order valence-corrected chi connectivity index (χ3v) is 7.83. The minimum absolute atomic E-state index is 0.0742. The molecular formula is C28H35FN6O3. The molecule has 0 spiro atoms. The molecule has 10 heteroatoms. The number of halogens is 1. The summed E-state index contributed by atoms with van der Waals surface area (Å²) in [5.41, 5.74) is 5.30. The summed E-state index contributed by atoms with van der Waals surface area (Å²) in [5, 5.41) is 1.89. The van der Waals surface area contributed by atoms with Crippen LogP contribution in [0.4, 0.5) is 14.9 Å². The third kappa shape index (κ3) is 5.10. The first kappa shape index (κ1) is 26.1. The highest BCUT2D eigenvalue weighted by Gasteiger charge is 2.55. The Hall–Kier alpha value is -3.50. The van der Waals surface area contributed by atoms with E-state index in [0.717, 1.165) is 11.3 Å². The molecule has 2 aromatic carbocycles. The number of nitrogens with one attached hydrogen (secondary N) is 1. The van der Waals surface area contributed by atoms with Crippen molar-refractivity contribution in [1.29, 1.82) is 0 Å². The lowest BCUT2D eigenvalue weighted by Crippen LogP contribution is -2.68. The van der Waals surface area contributed by atoms with E-state index in [1.807, 2.05) is 49.2 Å². The molecule has 2 aromatic rings. The number of amides is 4. The van der Waals surface area contributed by atoms with Gasteiger partial charge in [0.05, 0.1) is 6.04 Å². The molecule has 0 saturated carbocycles. The van der Waals surface area contributed by atoms with E-state index >= 15 is 0 Å². The number of piperazine rings is 1. The minimum atomic E-state index is -0.536. The number of carbonyl (C=O) groups is 3. The molecule has 9 nitrogen and oxygen atoms in total. The smallest absolute Gasteiger partial charge is 0.327 e. The predicted molar refractivity (Wildman–Crippen MR) is 142 cm³/mol. The largest absolute Gasteiger partial charge is 0.368 e. The lowest BCUT2D eigenvalue weighted by molar-refractivity contribution is -0.142. The lowest BCUT2D eigenvalue weighted by Gasteiger charge is -2.44. The molecule has 3 aliphatic heterocycles. The van der Waals surface area contributed by atoms with Crippen LogP contribution in [0.25, 0.3) is 0 Å². The van der Waals surface area contributed by atoms with Crippen LogP contribution < -0.4 is 10.3 Å². The van der Waals surface area contributed by atoms with Crippen molar-refractivity contribution in [1.82, 2.24) is 25.1 Å². The summed E-state index contributed by atoms with van der Waals surface area (Å²) in [6, 6.07) is 14.6. The number of hydrogen-bond donors (Lipinski definition) is 1. The van der Waals surface area contributed by atoms with Gasteiger partial charge in [-0.05, 0) is 43.2 Å². The number of benzene rings is 2. The number of urea groups is 1. The number of likely N-dealkylation sites (N-methyl/N-ethyl adjacent to an activating group) is 1. The van der Waals surface area contributed by atoms with Gasteiger partial charge in [0.15, 0.2) is 0 Å². The molecule has 1 N–H and O–H groups in total. The van der Waals surface area contributed by atoms with Gasteiger partial charge in [0, 0.05) is 51.0 Å². The van der Waals surface area contributed by atoms with Gasteiger partial charge in [-0.3, -0.25) is 14.5 Å². The summed E-state index contributed by atoms with van der Waals surface area (Å²) in [6.45, 7) is 6.98. The Morgan fingerprint density at radius 2 is 1.68 bits per heavy atom. The fourth-order valence-electron chi connectivity index (χ4n) is 5.80. The van der Waals surface area contributed by atoms with Crippen molar-refractivity contribution in [3.8, 4) is 0 Å². The van der Waals surface area contributed by atoms with E-state index in [2.05, 4.69) is 10.3 Å². The van der Waals surface area contributed by atoms with Gasteiger partial charge in [0.2, 0.25) is 5.91 Å². The van der Waals surface area contributed by atoms with Crippen molar-refractivity contribution in [2.24, 2.45) is 0 Å². The number of imide groups is 1. The number of anilines is 1. The summed E-state index contributed by atoms with van der Waals surface area (Å²) in [7, 11) is 0. The van der Waals surface area contributed by atoms with Gasteiger partial charge < -0.3 is 14.7 Å². The van der Waals surface area contributed by atoms with E-state index in [9.17, 15) is 18.8 Å². The number of hydrazine groups is 1. The second-order valence-corrected chi connectivity index (χ2v) is 10.1. The lowest BCUT2D eigenvalue weighted by atomic mass is 9.97. The van der Waals surface area contributed by atoms with Crippen molar-refractivity contribution in [2.45, 2.75) is 38.4 Å². The van der Waals surface area contributed by atoms with Crippen molar-refractivity contribution < 1.29 is 18.8 Å². The molecule has 4 amide bonds. The summed E-state index contributed by atoms with van der Waals surface area (Å²) < 4.78 is 13.3. The normalized spacial score (nSPS) is 24.2. The first-order valence-electron chi connectivity index (χ1n) is 13.3.